The van der Waals surface area contributed by atoms with Crippen LogP contribution in [-0.4, -0.2) is 49.3 Å². The summed E-state index contributed by atoms with van der Waals surface area (Å²) in [5, 5.41) is 4.28. The molecule has 1 saturated heterocycles. The Labute approximate surface area is 154 Å². The normalized spacial score (nSPS) is 20.8. The molecule has 1 aromatic heterocycles. The number of aryl methyl sites for hydroxylation is 1. The third-order valence-corrected chi connectivity index (χ3v) is 5.80. The van der Waals surface area contributed by atoms with Crippen molar-refractivity contribution in [3.05, 3.63) is 42.2 Å². The molecule has 8 heteroatoms. The van der Waals surface area contributed by atoms with Crippen molar-refractivity contribution in [3.8, 4) is 11.4 Å². The van der Waals surface area contributed by atoms with Crippen molar-refractivity contribution in [2.24, 2.45) is 0 Å². The first-order chi connectivity index (χ1) is 12.5. The van der Waals surface area contributed by atoms with Gasteiger partial charge in [-0.1, -0.05) is 0 Å². The molecule has 7 nitrogen and oxygen atoms in total. The molecule has 1 aromatic carbocycles. The molecule has 2 heterocycles. The van der Waals surface area contributed by atoms with E-state index in [2.05, 4.69) is 9.82 Å². The van der Waals surface area contributed by atoms with Crippen LogP contribution in [0, 0.1) is 6.92 Å². The Morgan fingerprint density at radius 3 is 2.77 bits per heavy atom. The molecular formula is C18H25N3O4S. The molecule has 142 valence electrons. The van der Waals surface area contributed by atoms with Crippen LogP contribution in [0.2, 0.25) is 0 Å². The molecule has 3 rings (SSSR count). The minimum Gasteiger partial charge on any atom is -0.491 e. The number of nitrogens with one attached hydrogen (secondary N) is 1. The number of hydrogen-bond acceptors (Lipinski definition) is 5. The minimum atomic E-state index is -3.26. The highest BCUT2D eigenvalue weighted by molar-refractivity contribution is 7.89. The molecule has 0 spiro atoms. The van der Waals surface area contributed by atoms with Crippen molar-refractivity contribution in [2.75, 3.05) is 19.0 Å². The fraction of sp³-hybridized carbons (Fsp3) is 0.500. The molecule has 0 aliphatic carbocycles. The van der Waals surface area contributed by atoms with E-state index in [-0.39, 0.29) is 17.9 Å². The number of hydrogen-bond donors (Lipinski definition) is 1. The number of benzene rings is 1. The van der Waals surface area contributed by atoms with Crippen LogP contribution in [0.25, 0.3) is 5.69 Å². The van der Waals surface area contributed by atoms with Crippen molar-refractivity contribution in [1.29, 1.82) is 0 Å². The highest BCUT2D eigenvalue weighted by Crippen LogP contribution is 2.19. The Morgan fingerprint density at radius 2 is 2.12 bits per heavy atom. The standard InChI is InChI=1S/C18H25N3O4S/c1-3-26(22,23)20-17-5-4-10-24-18(17)13-25-16-8-6-15(7-9-16)21-12-14(2)11-19-21/h6-9,11-12,17-18,20H,3-5,10,13H2,1-2H3. The Hall–Kier alpha value is -1.90. The Kier molecular flexibility index (Phi) is 5.95. The van der Waals surface area contributed by atoms with Gasteiger partial charge in [-0.2, -0.15) is 5.10 Å². The number of ether oxygens (including phenoxy) is 2. The largest absolute Gasteiger partial charge is 0.491 e. The van der Waals surface area contributed by atoms with Crippen LogP contribution < -0.4 is 9.46 Å². The summed E-state index contributed by atoms with van der Waals surface area (Å²) in [4.78, 5) is 0. The highest BCUT2D eigenvalue weighted by atomic mass is 32.2. The average molecular weight is 379 g/mol. The van der Waals surface area contributed by atoms with Crippen molar-refractivity contribution in [2.45, 2.75) is 38.8 Å². The molecule has 1 aliphatic rings. The second-order valence-corrected chi connectivity index (χ2v) is 8.49. The van der Waals surface area contributed by atoms with Gasteiger partial charge in [0.05, 0.1) is 23.7 Å². The molecule has 26 heavy (non-hydrogen) atoms. The van der Waals surface area contributed by atoms with E-state index in [0.717, 1.165) is 24.1 Å². The number of nitrogens with zero attached hydrogens (tertiary/aromatic N) is 2. The van der Waals surface area contributed by atoms with Crippen molar-refractivity contribution < 1.29 is 17.9 Å². The molecule has 1 fully saturated rings. The van der Waals surface area contributed by atoms with E-state index in [1.165, 1.54) is 0 Å². The summed E-state index contributed by atoms with van der Waals surface area (Å²) in [5.41, 5.74) is 2.05. The minimum absolute atomic E-state index is 0.0610. The van der Waals surface area contributed by atoms with Gasteiger partial charge in [-0.05, 0) is 56.5 Å². The summed E-state index contributed by atoms with van der Waals surface area (Å²) in [6.07, 6.45) is 5.06. The Morgan fingerprint density at radius 1 is 1.35 bits per heavy atom. The van der Waals surface area contributed by atoms with E-state index in [9.17, 15) is 8.42 Å². The predicted octanol–water partition coefficient (Wildman–Crippen LogP) is 2.05. The summed E-state index contributed by atoms with van der Waals surface area (Å²) < 4.78 is 39.8. The molecule has 0 radical (unpaired) electrons. The smallest absolute Gasteiger partial charge is 0.211 e. The van der Waals surface area contributed by atoms with Gasteiger partial charge in [0, 0.05) is 12.8 Å². The van der Waals surface area contributed by atoms with Gasteiger partial charge < -0.3 is 9.47 Å². The lowest BCUT2D eigenvalue weighted by molar-refractivity contribution is -0.0279. The number of rotatable bonds is 7. The highest BCUT2D eigenvalue weighted by Gasteiger charge is 2.29. The summed E-state index contributed by atoms with van der Waals surface area (Å²) in [6.45, 7) is 4.54. The summed E-state index contributed by atoms with van der Waals surface area (Å²) in [7, 11) is -3.26. The first kappa shape index (κ1) is 18.9. The van der Waals surface area contributed by atoms with E-state index in [0.29, 0.717) is 19.0 Å². The van der Waals surface area contributed by atoms with Gasteiger partial charge in [0.15, 0.2) is 0 Å². The molecule has 0 amide bonds. The predicted molar refractivity (Wildman–Crippen MR) is 99.2 cm³/mol. The van der Waals surface area contributed by atoms with E-state index in [1.807, 2.05) is 43.6 Å². The van der Waals surface area contributed by atoms with E-state index >= 15 is 0 Å². The van der Waals surface area contributed by atoms with Crippen LogP contribution in [0.15, 0.2) is 36.7 Å². The molecule has 2 atom stereocenters. The third kappa shape index (κ3) is 4.84. The molecular weight excluding hydrogens is 354 g/mol. The van der Waals surface area contributed by atoms with Crippen LogP contribution in [0.4, 0.5) is 0 Å². The van der Waals surface area contributed by atoms with Crippen LogP contribution in [-0.2, 0) is 14.8 Å². The van der Waals surface area contributed by atoms with E-state index < -0.39 is 10.0 Å². The lowest BCUT2D eigenvalue weighted by atomic mass is 10.0. The van der Waals surface area contributed by atoms with Crippen molar-refractivity contribution in [3.63, 3.8) is 0 Å². The maximum absolute atomic E-state index is 11.8. The maximum atomic E-state index is 11.8. The molecule has 1 aliphatic heterocycles. The average Bonchev–Trinajstić information content (AvgIpc) is 3.07. The molecule has 1 N–H and O–H groups in total. The second kappa shape index (κ2) is 8.20. The maximum Gasteiger partial charge on any atom is 0.211 e. The SMILES string of the molecule is CCS(=O)(=O)NC1CCCOC1COc1ccc(-n2cc(C)cn2)cc1. The van der Waals surface area contributed by atoms with Crippen LogP contribution in [0.5, 0.6) is 5.75 Å². The van der Waals surface area contributed by atoms with Gasteiger partial charge in [-0.3, -0.25) is 0 Å². The quantitative estimate of drug-likeness (QED) is 0.796. The lowest BCUT2D eigenvalue weighted by Crippen LogP contribution is -2.49. The second-order valence-electron chi connectivity index (χ2n) is 6.45. The fourth-order valence-corrected chi connectivity index (χ4v) is 3.78. The molecule has 2 aromatic rings. The molecule has 0 saturated carbocycles. The van der Waals surface area contributed by atoms with Crippen LogP contribution in [0.3, 0.4) is 0 Å². The molecule has 2 unspecified atom stereocenters. The summed E-state index contributed by atoms with van der Waals surface area (Å²) >= 11 is 0. The zero-order valence-electron chi connectivity index (χ0n) is 15.1. The topological polar surface area (TPSA) is 82.5 Å². The zero-order valence-corrected chi connectivity index (χ0v) is 15.9. The van der Waals surface area contributed by atoms with Crippen LogP contribution >= 0.6 is 0 Å². The van der Waals surface area contributed by atoms with Crippen LogP contribution in [0.1, 0.15) is 25.3 Å². The molecule has 0 bridgehead atoms. The van der Waals surface area contributed by atoms with Gasteiger partial charge in [0.2, 0.25) is 10.0 Å². The summed E-state index contributed by atoms with van der Waals surface area (Å²) in [5.74, 6) is 0.773. The zero-order chi connectivity index (χ0) is 18.6. The van der Waals surface area contributed by atoms with Gasteiger partial charge >= 0.3 is 0 Å². The lowest BCUT2D eigenvalue weighted by Gasteiger charge is -2.31. The Balaban J connectivity index is 1.60. The first-order valence-corrected chi connectivity index (χ1v) is 10.5. The van der Waals surface area contributed by atoms with Gasteiger partial charge in [0.1, 0.15) is 18.5 Å². The monoisotopic (exact) mass is 379 g/mol. The van der Waals surface area contributed by atoms with E-state index in [1.54, 1.807) is 11.6 Å². The number of aromatic nitrogens is 2. The summed E-state index contributed by atoms with van der Waals surface area (Å²) in [6, 6.07) is 7.36. The Bertz CT molecular complexity index is 817. The fourth-order valence-electron chi connectivity index (χ4n) is 2.88. The van der Waals surface area contributed by atoms with Gasteiger partial charge in [0.25, 0.3) is 0 Å². The third-order valence-electron chi connectivity index (χ3n) is 4.38. The van der Waals surface area contributed by atoms with Gasteiger partial charge in [-0.25, -0.2) is 17.8 Å². The number of sulfonamides is 1. The van der Waals surface area contributed by atoms with Crippen molar-refractivity contribution >= 4 is 10.0 Å². The first-order valence-electron chi connectivity index (χ1n) is 8.83. The van der Waals surface area contributed by atoms with Crippen molar-refractivity contribution in [1.82, 2.24) is 14.5 Å². The van der Waals surface area contributed by atoms with Gasteiger partial charge in [-0.15, -0.1) is 0 Å². The van der Waals surface area contributed by atoms with E-state index in [4.69, 9.17) is 9.47 Å².